The Hall–Kier alpha value is -1.51. The number of amides is 1. The van der Waals surface area contributed by atoms with Gasteiger partial charge in [0.25, 0.3) is 0 Å². The Morgan fingerprint density at radius 2 is 1.91 bits per heavy atom. The molecule has 3 heteroatoms. The number of ether oxygens (including phenoxy) is 1. The lowest BCUT2D eigenvalue weighted by Crippen LogP contribution is -2.27. The first kappa shape index (κ1) is 16.9. The zero-order chi connectivity index (χ0) is 16.1. The van der Waals surface area contributed by atoms with Crippen LogP contribution in [0.25, 0.3) is 0 Å². The van der Waals surface area contributed by atoms with Crippen molar-refractivity contribution >= 4 is 5.91 Å². The summed E-state index contributed by atoms with van der Waals surface area (Å²) < 4.78 is 5.17. The van der Waals surface area contributed by atoms with Gasteiger partial charge in [0.05, 0.1) is 7.11 Å². The highest BCUT2D eigenvalue weighted by Crippen LogP contribution is 2.28. The van der Waals surface area contributed by atoms with Crippen molar-refractivity contribution in [2.24, 2.45) is 17.8 Å². The number of carbonyl (C=O) groups excluding carboxylic acids is 1. The molecule has 122 valence electrons. The molecule has 1 saturated heterocycles. The van der Waals surface area contributed by atoms with Crippen LogP contribution in [0, 0.1) is 17.8 Å². The standard InChI is InChI=1S/C19H29NO2/c1-14(2)11-15(3)12-17-9-10-20(19(17)21)13-16-5-7-18(22-4)8-6-16/h5-8,14-15,17H,9-13H2,1-4H3. The third-order valence-corrected chi connectivity index (χ3v) is 4.50. The highest BCUT2D eigenvalue weighted by molar-refractivity contribution is 5.80. The number of methoxy groups -OCH3 is 1. The van der Waals surface area contributed by atoms with Crippen molar-refractivity contribution in [2.45, 2.75) is 46.6 Å². The second-order valence-corrected chi connectivity index (χ2v) is 7.06. The largest absolute Gasteiger partial charge is 0.497 e. The van der Waals surface area contributed by atoms with Gasteiger partial charge in [0.2, 0.25) is 5.91 Å². The van der Waals surface area contributed by atoms with Gasteiger partial charge in [0.15, 0.2) is 0 Å². The maximum Gasteiger partial charge on any atom is 0.226 e. The van der Waals surface area contributed by atoms with Gasteiger partial charge in [-0.25, -0.2) is 0 Å². The summed E-state index contributed by atoms with van der Waals surface area (Å²) in [5, 5.41) is 0. The number of likely N-dealkylation sites (tertiary alicyclic amines) is 1. The SMILES string of the molecule is COc1ccc(CN2CCC(CC(C)CC(C)C)C2=O)cc1. The van der Waals surface area contributed by atoms with Crippen LogP contribution in [-0.2, 0) is 11.3 Å². The number of nitrogens with zero attached hydrogens (tertiary/aromatic N) is 1. The summed E-state index contributed by atoms with van der Waals surface area (Å²) in [6.45, 7) is 8.40. The number of hydrogen-bond donors (Lipinski definition) is 0. The van der Waals surface area contributed by atoms with Gasteiger partial charge in [0, 0.05) is 19.0 Å². The maximum atomic E-state index is 12.6. The highest BCUT2D eigenvalue weighted by atomic mass is 16.5. The first-order chi connectivity index (χ1) is 10.5. The highest BCUT2D eigenvalue weighted by Gasteiger charge is 2.32. The van der Waals surface area contributed by atoms with Crippen molar-refractivity contribution in [3.8, 4) is 5.75 Å². The van der Waals surface area contributed by atoms with E-state index in [2.05, 4.69) is 20.8 Å². The summed E-state index contributed by atoms with van der Waals surface area (Å²) in [6.07, 6.45) is 3.26. The van der Waals surface area contributed by atoms with Crippen LogP contribution in [0.4, 0.5) is 0 Å². The van der Waals surface area contributed by atoms with Crippen LogP contribution in [0.3, 0.4) is 0 Å². The molecule has 3 nitrogen and oxygen atoms in total. The maximum absolute atomic E-state index is 12.6. The molecule has 1 aliphatic heterocycles. The van der Waals surface area contributed by atoms with Gasteiger partial charge < -0.3 is 9.64 Å². The molecule has 2 unspecified atom stereocenters. The Bertz CT molecular complexity index is 481. The Morgan fingerprint density at radius 3 is 2.50 bits per heavy atom. The van der Waals surface area contributed by atoms with E-state index < -0.39 is 0 Å². The van der Waals surface area contributed by atoms with E-state index in [1.54, 1.807) is 7.11 Å². The van der Waals surface area contributed by atoms with E-state index in [0.717, 1.165) is 31.7 Å². The quantitative estimate of drug-likeness (QED) is 0.758. The Morgan fingerprint density at radius 1 is 1.23 bits per heavy atom. The Labute approximate surface area is 134 Å². The van der Waals surface area contributed by atoms with Crippen molar-refractivity contribution in [3.63, 3.8) is 0 Å². The number of carbonyl (C=O) groups is 1. The second kappa shape index (κ2) is 7.66. The lowest BCUT2D eigenvalue weighted by molar-refractivity contribution is -0.131. The molecule has 0 aromatic heterocycles. The molecule has 0 spiro atoms. The van der Waals surface area contributed by atoms with E-state index in [4.69, 9.17) is 4.74 Å². The number of rotatable bonds is 7. The zero-order valence-electron chi connectivity index (χ0n) is 14.3. The molecule has 1 aromatic rings. The first-order valence-electron chi connectivity index (χ1n) is 8.41. The van der Waals surface area contributed by atoms with Gasteiger partial charge >= 0.3 is 0 Å². The van der Waals surface area contributed by atoms with Crippen LogP contribution in [0.2, 0.25) is 0 Å². The van der Waals surface area contributed by atoms with Crippen molar-refractivity contribution in [3.05, 3.63) is 29.8 Å². The molecule has 1 heterocycles. The van der Waals surface area contributed by atoms with E-state index in [1.165, 1.54) is 12.0 Å². The Balaban J connectivity index is 1.87. The average molecular weight is 303 g/mol. The number of hydrogen-bond acceptors (Lipinski definition) is 2. The van der Waals surface area contributed by atoms with E-state index in [1.807, 2.05) is 29.2 Å². The van der Waals surface area contributed by atoms with Gasteiger partial charge in [-0.1, -0.05) is 32.9 Å². The Kier molecular flexibility index (Phi) is 5.87. The molecule has 2 atom stereocenters. The summed E-state index contributed by atoms with van der Waals surface area (Å²) in [5.41, 5.74) is 1.17. The minimum Gasteiger partial charge on any atom is -0.497 e. The molecule has 22 heavy (non-hydrogen) atoms. The minimum atomic E-state index is 0.229. The minimum absolute atomic E-state index is 0.229. The summed E-state index contributed by atoms with van der Waals surface area (Å²) in [5.74, 6) is 2.77. The van der Waals surface area contributed by atoms with Crippen LogP contribution >= 0.6 is 0 Å². The topological polar surface area (TPSA) is 29.5 Å². The summed E-state index contributed by atoms with van der Waals surface area (Å²) in [6, 6.07) is 8.00. The molecular weight excluding hydrogens is 274 g/mol. The third-order valence-electron chi connectivity index (χ3n) is 4.50. The van der Waals surface area contributed by atoms with E-state index in [9.17, 15) is 4.79 Å². The lowest BCUT2D eigenvalue weighted by atomic mass is 9.89. The van der Waals surface area contributed by atoms with E-state index in [-0.39, 0.29) is 5.92 Å². The zero-order valence-corrected chi connectivity index (χ0v) is 14.3. The van der Waals surface area contributed by atoms with Gasteiger partial charge in [-0.05, 0) is 48.8 Å². The van der Waals surface area contributed by atoms with Crippen LogP contribution in [0.1, 0.15) is 45.6 Å². The molecule has 0 bridgehead atoms. The van der Waals surface area contributed by atoms with Crippen molar-refractivity contribution in [2.75, 3.05) is 13.7 Å². The molecule has 1 aromatic carbocycles. The van der Waals surface area contributed by atoms with Gasteiger partial charge in [-0.2, -0.15) is 0 Å². The van der Waals surface area contributed by atoms with Gasteiger partial charge in [-0.15, -0.1) is 0 Å². The van der Waals surface area contributed by atoms with Gasteiger partial charge in [0.1, 0.15) is 5.75 Å². The summed E-state index contributed by atoms with van der Waals surface area (Å²) in [7, 11) is 1.67. The molecule has 1 aliphatic rings. The van der Waals surface area contributed by atoms with Gasteiger partial charge in [-0.3, -0.25) is 4.79 Å². The number of benzene rings is 1. The fourth-order valence-electron chi connectivity index (χ4n) is 3.52. The second-order valence-electron chi connectivity index (χ2n) is 7.06. The van der Waals surface area contributed by atoms with Crippen molar-refractivity contribution < 1.29 is 9.53 Å². The van der Waals surface area contributed by atoms with Crippen molar-refractivity contribution in [1.29, 1.82) is 0 Å². The third kappa shape index (κ3) is 4.49. The van der Waals surface area contributed by atoms with Crippen LogP contribution in [-0.4, -0.2) is 24.5 Å². The molecule has 1 fully saturated rings. The molecule has 0 N–H and O–H groups in total. The molecular formula is C19H29NO2. The lowest BCUT2D eigenvalue weighted by Gasteiger charge is -2.19. The molecule has 2 rings (SSSR count). The molecule has 0 radical (unpaired) electrons. The summed E-state index contributed by atoms with van der Waals surface area (Å²) in [4.78, 5) is 14.6. The normalized spacial score (nSPS) is 19.8. The monoisotopic (exact) mass is 303 g/mol. The molecule has 0 aliphatic carbocycles. The summed E-state index contributed by atoms with van der Waals surface area (Å²) >= 11 is 0. The molecule has 0 saturated carbocycles. The van der Waals surface area contributed by atoms with Crippen LogP contribution in [0.15, 0.2) is 24.3 Å². The average Bonchev–Trinajstić information content (AvgIpc) is 2.80. The fourth-order valence-corrected chi connectivity index (χ4v) is 3.52. The predicted octanol–water partition coefficient (Wildman–Crippen LogP) is 4.12. The molecule has 1 amide bonds. The smallest absolute Gasteiger partial charge is 0.226 e. The fraction of sp³-hybridized carbons (Fsp3) is 0.632. The van der Waals surface area contributed by atoms with Crippen LogP contribution < -0.4 is 4.74 Å². The van der Waals surface area contributed by atoms with E-state index >= 15 is 0 Å². The van der Waals surface area contributed by atoms with Crippen LogP contribution in [0.5, 0.6) is 5.75 Å². The van der Waals surface area contributed by atoms with Crippen molar-refractivity contribution in [1.82, 2.24) is 4.90 Å². The van der Waals surface area contributed by atoms with E-state index in [0.29, 0.717) is 17.7 Å². The predicted molar refractivity (Wildman–Crippen MR) is 89.8 cm³/mol. The first-order valence-corrected chi connectivity index (χ1v) is 8.41.